The fourth-order valence-corrected chi connectivity index (χ4v) is 3.00. The number of nitrogens with zero attached hydrogens (tertiary/aromatic N) is 5. The Labute approximate surface area is 134 Å². The van der Waals surface area contributed by atoms with Crippen LogP contribution in [0.1, 0.15) is 29.8 Å². The van der Waals surface area contributed by atoms with Crippen molar-refractivity contribution in [3.8, 4) is 5.69 Å². The lowest BCUT2D eigenvalue weighted by Crippen LogP contribution is -2.11. The lowest BCUT2D eigenvalue weighted by atomic mass is 9.95. The van der Waals surface area contributed by atoms with Crippen LogP contribution in [0, 0.1) is 0 Å². The van der Waals surface area contributed by atoms with Crippen molar-refractivity contribution in [2.75, 3.05) is 0 Å². The van der Waals surface area contributed by atoms with Gasteiger partial charge in [-0.05, 0) is 49.4 Å². The highest BCUT2D eigenvalue weighted by atomic mass is 35.5. The molecule has 0 saturated heterocycles. The molecule has 3 rings (SSSR count). The minimum Gasteiger partial charge on any atom is -0.236 e. The van der Waals surface area contributed by atoms with E-state index in [9.17, 15) is 13.2 Å². The summed E-state index contributed by atoms with van der Waals surface area (Å²) in [5.74, 6) is 0. The van der Waals surface area contributed by atoms with E-state index in [1.807, 2.05) is 0 Å². The third-order valence-corrected chi connectivity index (χ3v) is 4.00. The fraction of sp³-hybridized carbons (Fsp3) is 0.357. The molecule has 1 aliphatic rings. The molecule has 1 heterocycles. The van der Waals surface area contributed by atoms with Crippen LogP contribution in [-0.2, 0) is 19.0 Å². The summed E-state index contributed by atoms with van der Waals surface area (Å²) in [5, 5.41) is 7.62. The second-order valence-electron chi connectivity index (χ2n) is 5.21. The average Bonchev–Trinajstić information content (AvgIpc) is 2.88. The van der Waals surface area contributed by atoms with Crippen LogP contribution in [0.25, 0.3) is 16.1 Å². The zero-order valence-corrected chi connectivity index (χ0v) is 12.6. The SMILES string of the molecule is [N-]=[N+]=Nc1cc(Cl)ccc1-n1nc(C(F)(F)F)c2c1CCCC2. The van der Waals surface area contributed by atoms with Crippen LogP contribution in [0.3, 0.4) is 0 Å². The highest BCUT2D eigenvalue weighted by Crippen LogP contribution is 2.38. The summed E-state index contributed by atoms with van der Waals surface area (Å²) in [6.07, 6.45) is -2.19. The second kappa shape index (κ2) is 5.79. The van der Waals surface area contributed by atoms with Gasteiger partial charge in [0.05, 0.1) is 11.4 Å². The molecule has 0 spiro atoms. The van der Waals surface area contributed by atoms with Gasteiger partial charge in [0.15, 0.2) is 5.69 Å². The van der Waals surface area contributed by atoms with Gasteiger partial charge in [0, 0.05) is 21.2 Å². The van der Waals surface area contributed by atoms with Crippen molar-refractivity contribution < 1.29 is 13.2 Å². The number of azide groups is 1. The normalized spacial score (nSPS) is 14.3. The first kappa shape index (κ1) is 15.7. The number of alkyl halides is 3. The number of hydrogen-bond donors (Lipinski definition) is 0. The van der Waals surface area contributed by atoms with E-state index in [0.717, 1.165) is 6.42 Å². The third kappa shape index (κ3) is 2.87. The zero-order chi connectivity index (χ0) is 16.6. The number of aromatic nitrogens is 2. The van der Waals surface area contributed by atoms with Crippen LogP contribution in [0.4, 0.5) is 18.9 Å². The molecule has 1 aromatic carbocycles. The quantitative estimate of drug-likeness (QED) is 0.411. The van der Waals surface area contributed by atoms with Gasteiger partial charge in [-0.2, -0.15) is 18.3 Å². The predicted octanol–water partition coefficient (Wildman–Crippen LogP) is 5.37. The molecule has 0 bridgehead atoms. The molecule has 5 nitrogen and oxygen atoms in total. The Morgan fingerprint density at radius 3 is 2.70 bits per heavy atom. The first-order valence-corrected chi connectivity index (χ1v) is 7.32. The van der Waals surface area contributed by atoms with E-state index >= 15 is 0 Å². The second-order valence-corrected chi connectivity index (χ2v) is 5.65. The van der Waals surface area contributed by atoms with Gasteiger partial charge in [-0.15, -0.1) is 0 Å². The molecule has 9 heteroatoms. The van der Waals surface area contributed by atoms with Gasteiger partial charge in [-0.1, -0.05) is 16.7 Å². The van der Waals surface area contributed by atoms with Crippen molar-refractivity contribution in [3.63, 3.8) is 0 Å². The molecule has 0 amide bonds. The molecular formula is C14H11ClF3N5. The minimum atomic E-state index is -4.52. The molecular weight excluding hydrogens is 331 g/mol. The van der Waals surface area contributed by atoms with Gasteiger partial charge >= 0.3 is 6.18 Å². The Kier molecular flexibility index (Phi) is 3.95. The Balaban J connectivity index is 2.25. The third-order valence-electron chi connectivity index (χ3n) is 3.77. The molecule has 120 valence electrons. The minimum absolute atomic E-state index is 0.143. The molecule has 1 aliphatic carbocycles. The molecule has 0 atom stereocenters. The molecule has 23 heavy (non-hydrogen) atoms. The summed E-state index contributed by atoms with van der Waals surface area (Å²) < 4.78 is 40.9. The van der Waals surface area contributed by atoms with E-state index in [1.165, 1.54) is 22.9 Å². The maximum absolute atomic E-state index is 13.2. The van der Waals surface area contributed by atoms with Crippen LogP contribution >= 0.6 is 11.6 Å². The van der Waals surface area contributed by atoms with E-state index in [1.54, 1.807) is 0 Å². The van der Waals surface area contributed by atoms with Crippen LogP contribution in [0.15, 0.2) is 23.3 Å². The summed E-state index contributed by atoms with van der Waals surface area (Å²) in [4.78, 5) is 2.70. The van der Waals surface area contributed by atoms with Crippen LogP contribution in [0.5, 0.6) is 0 Å². The highest BCUT2D eigenvalue weighted by molar-refractivity contribution is 6.30. The van der Waals surface area contributed by atoms with Crippen molar-refractivity contribution >= 4 is 17.3 Å². The number of benzene rings is 1. The van der Waals surface area contributed by atoms with Gasteiger partial charge in [0.1, 0.15) is 0 Å². The largest absolute Gasteiger partial charge is 0.435 e. The van der Waals surface area contributed by atoms with E-state index < -0.39 is 11.9 Å². The zero-order valence-electron chi connectivity index (χ0n) is 11.8. The predicted molar refractivity (Wildman–Crippen MR) is 79.0 cm³/mol. The Bertz CT molecular complexity index is 805. The first-order chi connectivity index (χ1) is 10.9. The van der Waals surface area contributed by atoms with E-state index in [4.69, 9.17) is 17.1 Å². The number of rotatable bonds is 2. The molecule has 2 aromatic rings. The molecule has 1 aromatic heterocycles. The van der Waals surface area contributed by atoms with Gasteiger partial charge in [0.25, 0.3) is 0 Å². The summed E-state index contributed by atoms with van der Waals surface area (Å²) in [6.45, 7) is 0. The monoisotopic (exact) mass is 341 g/mol. The van der Waals surface area contributed by atoms with E-state index in [0.29, 0.717) is 35.7 Å². The lowest BCUT2D eigenvalue weighted by Gasteiger charge is -2.15. The van der Waals surface area contributed by atoms with Crippen molar-refractivity contribution in [1.29, 1.82) is 0 Å². The van der Waals surface area contributed by atoms with Gasteiger partial charge in [-0.25, -0.2) is 4.68 Å². The molecule has 0 N–H and O–H groups in total. The summed E-state index contributed by atoms with van der Waals surface area (Å²) >= 11 is 5.87. The summed E-state index contributed by atoms with van der Waals surface area (Å²) in [7, 11) is 0. The Hall–Kier alpha value is -2.18. The maximum Gasteiger partial charge on any atom is 0.435 e. The summed E-state index contributed by atoms with van der Waals surface area (Å²) in [6, 6.07) is 4.44. The van der Waals surface area contributed by atoms with Gasteiger partial charge in [-0.3, -0.25) is 0 Å². The van der Waals surface area contributed by atoms with E-state index in [2.05, 4.69) is 15.1 Å². The van der Waals surface area contributed by atoms with Crippen molar-refractivity contribution in [3.05, 3.63) is 50.6 Å². The number of halogens is 4. The molecule has 0 aliphatic heterocycles. The molecule has 0 fully saturated rings. The first-order valence-electron chi connectivity index (χ1n) is 6.95. The standard InChI is InChI=1S/C14H11ClF3N5/c15-8-5-6-12(10(7-8)20-22-19)23-11-4-2-1-3-9(11)13(21-23)14(16,17)18/h5-7H,1-4H2. The van der Waals surface area contributed by atoms with E-state index in [-0.39, 0.29) is 11.3 Å². The van der Waals surface area contributed by atoms with Gasteiger partial charge < -0.3 is 0 Å². The van der Waals surface area contributed by atoms with Crippen molar-refractivity contribution in [2.24, 2.45) is 5.11 Å². The topological polar surface area (TPSA) is 66.6 Å². The van der Waals surface area contributed by atoms with Crippen LogP contribution in [-0.4, -0.2) is 9.78 Å². The van der Waals surface area contributed by atoms with Crippen LogP contribution in [0.2, 0.25) is 5.02 Å². The maximum atomic E-state index is 13.2. The molecule has 0 unspecified atom stereocenters. The van der Waals surface area contributed by atoms with Crippen molar-refractivity contribution in [2.45, 2.75) is 31.9 Å². The lowest BCUT2D eigenvalue weighted by molar-refractivity contribution is -0.142. The van der Waals surface area contributed by atoms with Crippen LogP contribution < -0.4 is 0 Å². The Morgan fingerprint density at radius 2 is 2.00 bits per heavy atom. The smallest absolute Gasteiger partial charge is 0.236 e. The fourth-order valence-electron chi connectivity index (χ4n) is 2.83. The Morgan fingerprint density at radius 1 is 1.26 bits per heavy atom. The highest BCUT2D eigenvalue weighted by Gasteiger charge is 2.39. The number of fused-ring (bicyclic) bond motifs is 1. The molecule has 0 radical (unpaired) electrons. The summed E-state index contributed by atoms with van der Waals surface area (Å²) in [5.41, 5.74) is 8.97. The average molecular weight is 342 g/mol. The van der Waals surface area contributed by atoms with Crippen molar-refractivity contribution in [1.82, 2.24) is 9.78 Å². The molecule has 0 saturated carbocycles. The van der Waals surface area contributed by atoms with Gasteiger partial charge in [0.2, 0.25) is 0 Å². The number of hydrogen-bond acceptors (Lipinski definition) is 2.